The molecule has 50 heavy (non-hydrogen) atoms. The van der Waals surface area contributed by atoms with Crippen molar-refractivity contribution in [2.75, 3.05) is 13.1 Å². The number of halogens is 2. The normalized spacial score (nSPS) is 16.7. The van der Waals surface area contributed by atoms with Gasteiger partial charge >= 0.3 is 38.5 Å². The summed E-state index contributed by atoms with van der Waals surface area (Å²) in [4.78, 5) is 85.0. The van der Waals surface area contributed by atoms with Crippen molar-refractivity contribution in [2.24, 2.45) is 0 Å². The van der Waals surface area contributed by atoms with Crippen LogP contribution in [0.15, 0.2) is 48.5 Å². The minimum absolute atomic E-state index is 0.0333. The van der Waals surface area contributed by atoms with E-state index in [9.17, 15) is 63.1 Å². The zero-order chi connectivity index (χ0) is 36.7. The van der Waals surface area contributed by atoms with Gasteiger partial charge in [-0.25, -0.2) is 14.0 Å². The van der Waals surface area contributed by atoms with Gasteiger partial charge in [0.05, 0.1) is 21.8 Å². The Labute approximate surface area is 286 Å². The summed E-state index contributed by atoms with van der Waals surface area (Å²) >= 11 is 5.95. The van der Waals surface area contributed by atoms with Crippen molar-refractivity contribution in [3.63, 3.8) is 0 Å². The number of hydrogen-bond acceptors (Lipinski definition) is 10. The van der Waals surface area contributed by atoms with Crippen LogP contribution in [0.5, 0.6) is 17.2 Å². The molecule has 3 aromatic rings. The van der Waals surface area contributed by atoms with Crippen molar-refractivity contribution in [3.05, 3.63) is 81.6 Å². The number of benzene rings is 3. The van der Waals surface area contributed by atoms with Crippen LogP contribution in [-0.4, -0.2) is 95.8 Å². The number of amides is 5. The Morgan fingerprint density at radius 2 is 1.74 bits per heavy atom. The summed E-state index contributed by atoms with van der Waals surface area (Å²) in [6.07, 6.45) is -0.108. The summed E-state index contributed by atoms with van der Waals surface area (Å²) < 4.78 is 31.1. The van der Waals surface area contributed by atoms with Crippen LogP contribution in [-0.2, 0) is 31.9 Å². The number of para-hydroxylation sites is 1. The van der Waals surface area contributed by atoms with Crippen LogP contribution in [0, 0.1) is 5.82 Å². The summed E-state index contributed by atoms with van der Waals surface area (Å²) in [7, 11) is -6.45. The SMILES string of the molecule is O=C(O)c1cccc2c1OB(O)C(NC(=O)C(NC(=O)N1CCN(Cc3cc(F)c(O)c(O)c3Cl)C(=O)C1=O)c1ccc(P(=O)(O)O)cc1)C2. The Bertz CT molecular complexity index is 1960. The second-order valence-electron chi connectivity index (χ2n) is 11.2. The highest BCUT2D eigenvalue weighted by Crippen LogP contribution is 2.39. The van der Waals surface area contributed by atoms with Crippen LogP contribution in [0.3, 0.4) is 0 Å². The Balaban J connectivity index is 1.35. The fraction of sp³-hybridized carbons (Fsp3) is 0.207. The molecule has 5 rings (SSSR count). The highest BCUT2D eigenvalue weighted by Gasteiger charge is 2.41. The van der Waals surface area contributed by atoms with Gasteiger partial charge in [-0.3, -0.25) is 23.8 Å². The van der Waals surface area contributed by atoms with E-state index in [1.165, 1.54) is 18.2 Å². The Morgan fingerprint density at radius 1 is 1.06 bits per heavy atom. The first-order valence-corrected chi connectivity index (χ1v) is 16.4. The first kappa shape index (κ1) is 36.1. The van der Waals surface area contributed by atoms with Gasteiger partial charge in [-0.1, -0.05) is 35.9 Å². The fourth-order valence-corrected chi connectivity index (χ4v) is 6.08. The third-order valence-electron chi connectivity index (χ3n) is 7.93. The molecular weight excluding hydrogens is 709 g/mol. The van der Waals surface area contributed by atoms with Gasteiger partial charge in [-0.05, 0) is 47.4 Å². The predicted molar refractivity (Wildman–Crippen MR) is 169 cm³/mol. The van der Waals surface area contributed by atoms with E-state index in [1.807, 2.05) is 0 Å². The van der Waals surface area contributed by atoms with Crippen LogP contribution >= 0.6 is 19.2 Å². The van der Waals surface area contributed by atoms with Crippen molar-refractivity contribution >= 4 is 61.3 Å². The zero-order valence-corrected chi connectivity index (χ0v) is 27.0. The molecular formula is C29H26BClFN4O13P. The summed E-state index contributed by atoms with van der Waals surface area (Å²) in [5, 5.41) is 43.4. The standard InChI is InChI=1S/C29H26BClFN4O13P/c31-20-15(10-18(32)22(37)23(20)38)12-35-8-9-36(27(41)26(35)40)29(44)34-21(13-4-6-16(7-5-13)50(46,47)48)25(39)33-19-11-14-2-1-3-17(28(42)43)24(14)49-30(19)45/h1-7,10,19,21,37-38,45H,8-9,11-12H2,(H,33,39)(H,34,44)(H,42,43)(H2,46,47,48). The molecule has 17 nitrogen and oxygen atoms in total. The van der Waals surface area contributed by atoms with E-state index in [1.54, 1.807) is 0 Å². The van der Waals surface area contributed by atoms with E-state index in [4.69, 9.17) is 16.3 Å². The number of carboxylic acids is 1. The van der Waals surface area contributed by atoms with Crippen molar-refractivity contribution in [2.45, 2.75) is 24.9 Å². The molecule has 8 N–H and O–H groups in total. The molecule has 1 saturated heterocycles. The molecule has 2 aliphatic heterocycles. The van der Waals surface area contributed by atoms with Crippen molar-refractivity contribution in [1.29, 1.82) is 0 Å². The molecule has 5 amide bonds. The monoisotopic (exact) mass is 734 g/mol. The number of urea groups is 1. The summed E-state index contributed by atoms with van der Waals surface area (Å²) in [6, 6.07) is 6.33. The molecule has 0 bridgehead atoms. The molecule has 2 unspecified atom stereocenters. The van der Waals surface area contributed by atoms with Crippen LogP contribution < -0.4 is 20.6 Å². The average molecular weight is 735 g/mol. The molecule has 0 aliphatic carbocycles. The zero-order valence-electron chi connectivity index (χ0n) is 25.3. The van der Waals surface area contributed by atoms with Crippen LogP contribution in [0.2, 0.25) is 5.02 Å². The number of nitrogens with zero attached hydrogens (tertiary/aromatic N) is 2. The lowest BCUT2D eigenvalue weighted by Gasteiger charge is -2.34. The first-order chi connectivity index (χ1) is 23.5. The number of piperazine rings is 1. The van der Waals surface area contributed by atoms with E-state index in [0.717, 1.165) is 35.2 Å². The second-order valence-corrected chi connectivity index (χ2v) is 13.1. The summed E-state index contributed by atoms with van der Waals surface area (Å²) in [5.74, 6) is -9.51. The molecule has 0 saturated carbocycles. The third-order valence-corrected chi connectivity index (χ3v) is 9.32. The van der Waals surface area contributed by atoms with Gasteiger partial charge in [0.1, 0.15) is 11.8 Å². The van der Waals surface area contributed by atoms with E-state index < -0.39 is 97.2 Å². The summed E-state index contributed by atoms with van der Waals surface area (Å²) in [5.41, 5.74) is -0.0725. The number of imide groups is 1. The molecule has 0 radical (unpaired) electrons. The highest BCUT2D eigenvalue weighted by molar-refractivity contribution is 7.60. The number of phenolic OH excluding ortho intramolecular Hbond substituents is 2. The van der Waals surface area contributed by atoms with Gasteiger partial charge in [0.15, 0.2) is 17.3 Å². The van der Waals surface area contributed by atoms with Gasteiger partial charge in [-0.2, -0.15) is 0 Å². The lowest BCUT2D eigenvalue weighted by atomic mass is 9.72. The first-order valence-electron chi connectivity index (χ1n) is 14.4. The van der Waals surface area contributed by atoms with Crippen LogP contribution in [0.1, 0.15) is 33.1 Å². The van der Waals surface area contributed by atoms with Crippen molar-refractivity contribution in [3.8, 4) is 17.2 Å². The lowest BCUT2D eigenvalue weighted by molar-refractivity contribution is -0.154. The van der Waals surface area contributed by atoms with Crippen molar-refractivity contribution < 1.29 is 67.7 Å². The number of aromatic carboxylic acids is 1. The third kappa shape index (κ3) is 7.22. The number of rotatable bonds is 8. The van der Waals surface area contributed by atoms with E-state index in [-0.39, 0.29) is 35.4 Å². The van der Waals surface area contributed by atoms with Gasteiger partial charge in [0, 0.05) is 19.6 Å². The Hall–Kier alpha value is -5.20. The van der Waals surface area contributed by atoms with Gasteiger partial charge in [0.25, 0.3) is 0 Å². The molecule has 262 valence electrons. The minimum Gasteiger partial charge on any atom is -0.534 e. The largest absolute Gasteiger partial charge is 0.547 e. The van der Waals surface area contributed by atoms with E-state index in [2.05, 4.69) is 10.6 Å². The van der Waals surface area contributed by atoms with Gasteiger partial charge in [0.2, 0.25) is 5.91 Å². The molecule has 1 fully saturated rings. The lowest BCUT2D eigenvalue weighted by Crippen LogP contribution is -2.60. The van der Waals surface area contributed by atoms with Gasteiger partial charge < -0.3 is 50.3 Å². The number of aromatic hydroxyl groups is 2. The van der Waals surface area contributed by atoms with Crippen molar-refractivity contribution in [1.82, 2.24) is 20.4 Å². The summed E-state index contributed by atoms with van der Waals surface area (Å²) in [6.45, 7) is -1.21. The number of fused-ring (bicyclic) bond motifs is 1. The maximum Gasteiger partial charge on any atom is 0.547 e. The molecule has 2 heterocycles. The Morgan fingerprint density at radius 3 is 2.38 bits per heavy atom. The average Bonchev–Trinajstić information content (AvgIpc) is 3.06. The van der Waals surface area contributed by atoms with E-state index >= 15 is 0 Å². The van der Waals surface area contributed by atoms with Crippen LogP contribution in [0.4, 0.5) is 9.18 Å². The fourth-order valence-electron chi connectivity index (χ4n) is 5.34. The number of carbonyl (C=O) groups is 5. The maximum atomic E-state index is 14.0. The Kier molecular flexibility index (Phi) is 10.1. The number of hydrogen-bond donors (Lipinski definition) is 8. The smallest absolute Gasteiger partial charge is 0.534 e. The molecule has 3 aromatic carbocycles. The second kappa shape index (κ2) is 14.0. The molecule has 2 atom stereocenters. The molecule has 0 spiro atoms. The predicted octanol–water partition coefficient (Wildman–Crippen LogP) is 0.153. The maximum absolute atomic E-state index is 14.0. The molecule has 0 aromatic heterocycles. The number of carbonyl (C=O) groups excluding carboxylic acids is 4. The topological polar surface area (TPSA) is 264 Å². The number of carboxylic acid groups (broad SMARTS) is 1. The molecule has 2 aliphatic rings. The molecule has 21 heteroatoms. The van der Waals surface area contributed by atoms with E-state index in [0.29, 0.717) is 10.5 Å². The minimum atomic E-state index is -4.71. The van der Waals surface area contributed by atoms with Crippen LogP contribution in [0.25, 0.3) is 0 Å². The quantitative estimate of drug-likeness (QED) is 0.0664. The number of nitrogens with one attached hydrogen (secondary N) is 2. The number of phenols is 2. The van der Waals surface area contributed by atoms with Gasteiger partial charge in [-0.15, -0.1) is 0 Å². The highest BCUT2D eigenvalue weighted by atomic mass is 35.5.